The molecule has 0 aliphatic rings. The van der Waals surface area contributed by atoms with Gasteiger partial charge >= 0.3 is 0 Å². The third kappa shape index (κ3) is 16.7. The van der Waals surface area contributed by atoms with Crippen LogP contribution in [0.25, 0.3) is 0 Å². The second-order valence-corrected chi connectivity index (χ2v) is 3.00. The average Bonchev–Trinajstić information content (AvgIpc) is 1.79. The maximum Gasteiger partial charge on any atom is 0.0157 e. The van der Waals surface area contributed by atoms with Gasteiger partial charge in [-0.25, -0.2) is 0 Å². The zero-order chi connectivity index (χ0) is 7.98. The first-order valence-corrected chi connectivity index (χ1v) is 3.57. The Morgan fingerprint density at radius 1 is 0.750 bits per heavy atom. The molecule has 4 heteroatoms. The Hall–Kier alpha value is 0.240. The van der Waals surface area contributed by atoms with Crippen LogP contribution in [0.3, 0.4) is 0 Å². The number of hydrogen-bond acceptors (Lipinski definition) is 2. The predicted octanol–water partition coefficient (Wildman–Crippen LogP) is 1.51. The molecule has 0 radical (unpaired) electrons. The van der Waals surface area contributed by atoms with Gasteiger partial charge in [-0.15, -0.1) is 24.8 Å². The first-order chi connectivity index (χ1) is 4.63. The van der Waals surface area contributed by atoms with Crippen LogP contribution in [0.4, 0.5) is 0 Å². The molecule has 0 spiro atoms. The lowest BCUT2D eigenvalue weighted by Crippen LogP contribution is -2.13. The van der Waals surface area contributed by atoms with Crippen LogP contribution >= 0.6 is 24.8 Å². The van der Waals surface area contributed by atoms with E-state index in [0.717, 1.165) is 13.1 Å². The summed E-state index contributed by atoms with van der Waals surface area (Å²) in [5, 5.41) is 0. The quantitative estimate of drug-likeness (QED) is 0.656. The molecule has 0 heterocycles. The minimum atomic E-state index is 0. The van der Waals surface area contributed by atoms with Crippen LogP contribution in [0.5, 0.6) is 0 Å². The van der Waals surface area contributed by atoms with Crippen molar-refractivity contribution < 1.29 is 0 Å². The Morgan fingerprint density at radius 3 is 1.17 bits per heavy atom. The van der Waals surface area contributed by atoms with Gasteiger partial charge in [0.15, 0.2) is 0 Å². The maximum atomic E-state index is 2.18. The van der Waals surface area contributed by atoms with Crippen LogP contribution in [-0.2, 0) is 0 Å². The van der Waals surface area contributed by atoms with Gasteiger partial charge in [-0.3, -0.25) is 0 Å². The van der Waals surface area contributed by atoms with Gasteiger partial charge in [0.2, 0.25) is 0 Å². The summed E-state index contributed by atoms with van der Waals surface area (Å²) < 4.78 is 0. The van der Waals surface area contributed by atoms with E-state index in [-0.39, 0.29) is 24.8 Å². The fraction of sp³-hybridized carbons (Fsp3) is 0.750. The molecule has 0 aromatic carbocycles. The zero-order valence-electron chi connectivity index (χ0n) is 8.28. The van der Waals surface area contributed by atoms with Crippen molar-refractivity contribution in [2.75, 3.05) is 41.3 Å². The average molecular weight is 215 g/mol. The molecule has 0 saturated carbocycles. The molecule has 0 aromatic rings. The summed E-state index contributed by atoms with van der Waals surface area (Å²) in [4.78, 5) is 4.29. The number of nitrogens with zero attached hydrogens (tertiary/aromatic N) is 2. The summed E-state index contributed by atoms with van der Waals surface area (Å²) in [6.07, 6.45) is 4.36. The van der Waals surface area contributed by atoms with E-state index in [1.165, 1.54) is 0 Å². The molecule has 0 N–H and O–H groups in total. The smallest absolute Gasteiger partial charge is 0.0157 e. The Kier molecular flexibility index (Phi) is 17.0. The summed E-state index contributed by atoms with van der Waals surface area (Å²) in [6.45, 7) is 2.07. The van der Waals surface area contributed by atoms with E-state index in [1.807, 2.05) is 0 Å². The lowest BCUT2D eigenvalue weighted by Gasteiger charge is -2.06. The van der Waals surface area contributed by atoms with E-state index in [0.29, 0.717) is 0 Å². The molecule has 0 aliphatic heterocycles. The molecule has 0 amide bonds. The summed E-state index contributed by atoms with van der Waals surface area (Å²) in [6, 6.07) is 0. The minimum absolute atomic E-state index is 0. The van der Waals surface area contributed by atoms with Gasteiger partial charge in [0.25, 0.3) is 0 Å². The van der Waals surface area contributed by atoms with Crippen molar-refractivity contribution in [1.29, 1.82) is 0 Å². The second kappa shape index (κ2) is 11.2. The van der Waals surface area contributed by atoms with Gasteiger partial charge in [0.05, 0.1) is 0 Å². The van der Waals surface area contributed by atoms with Crippen molar-refractivity contribution in [3.8, 4) is 0 Å². The topological polar surface area (TPSA) is 6.48 Å². The fourth-order valence-corrected chi connectivity index (χ4v) is 0.571. The Balaban J connectivity index is -0.000000405. The second-order valence-electron chi connectivity index (χ2n) is 3.00. The highest BCUT2D eigenvalue weighted by Gasteiger charge is 1.83. The lowest BCUT2D eigenvalue weighted by molar-refractivity contribution is 0.444. The molecule has 0 bridgehead atoms. The van der Waals surface area contributed by atoms with Crippen molar-refractivity contribution in [2.45, 2.75) is 0 Å². The first-order valence-electron chi connectivity index (χ1n) is 3.57. The standard InChI is InChI=1S/C8H18N2.2ClH/c1-9(2)7-5-6-8-10(3)4;;/h5-6H,7-8H2,1-4H3;2*1H/b6-5+;;. The highest BCUT2D eigenvalue weighted by atomic mass is 35.5. The van der Waals surface area contributed by atoms with E-state index in [9.17, 15) is 0 Å². The SMILES string of the molecule is CN(C)C/C=C/CN(C)C.Cl.Cl. The fourth-order valence-electron chi connectivity index (χ4n) is 0.571. The van der Waals surface area contributed by atoms with Gasteiger partial charge in [-0.1, -0.05) is 12.2 Å². The van der Waals surface area contributed by atoms with Gasteiger partial charge in [0, 0.05) is 13.1 Å². The summed E-state index contributed by atoms with van der Waals surface area (Å²) in [7, 11) is 8.28. The third-order valence-corrected chi connectivity index (χ3v) is 1.11. The molecule has 0 unspecified atom stereocenters. The monoisotopic (exact) mass is 214 g/mol. The van der Waals surface area contributed by atoms with Crippen LogP contribution < -0.4 is 0 Å². The predicted molar refractivity (Wildman–Crippen MR) is 60.7 cm³/mol. The molecular weight excluding hydrogens is 195 g/mol. The summed E-state index contributed by atoms with van der Waals surface area (Å²) >= 11 is 0. The van der Waals surface area contributed by atoms with Crippen molar-refractivity contribution >= 4 is 24.8 Å². The van der Waals surface area contributed by atoms with E-state index in [1.54, 1.807) is 0 Å². The Labute approximate surface area is 88.4 Å². The maximum absolute atomic E-state index is 2.18. The van der Waals surface area contributed by atoms with Gasteiger partial charge in [0.1, 0.15) is 0 Å². The van der Waals surface area contributed by atoms with Crippen LogP contribution in [0.15, 0.2) is 12.2 Å². The number of rotatable bonds is 4. The zero-order valence-corrected chi connectivity index (χ0v) is 9.91. The van der Waals surface area contributed by atoms with Crippen molar-refractivity contribution in [1.82, 2.24) is 9.80 Å². The normalized spacial score (nSPS) is 10.2. The van der Waals surface area contributed by atoms with Crippen LogP contribution in [0.2, 0.25) is 0 Å². The van der Waals surface area contributed by atoms with Crippen molar-refractivity contribution in [3.05, 3.63) is 12.2 Å². The van der Waals surface area contributed by atoms with Crippen molar-refractivity contribution in [2.24, 2.45) is 0 Å². The largest absolute Gasteiger partial charge is 0.306 e. The van der Waals surface area contributed by atoms with Gasteiger partial charge in [-0.2, -0.15) is 0 Å². The molecule has 0 rings (SSSR count). The lowest BCUT2D eigenvalue weighted by atomic mass is 10.4. The summed E-state index contributed by atoms with van der Waals surface area (Å²) in [5.74, 6) is 0. The molecule has 12 heavy (non-hydrogen) atoms. The van der Waals surface area contributed by atoms with E-state index < -0.39 is 0 Å². The number of likely N-dealkylation sites (N-methyl/N-ethyl adjacent to an activating group) is 2. The molecule has 0 aromatic heterocycles. The number of halogens is 2. The Bertz CT molecular complexity index is 91.2. The van der Waals surface area contributed by atoms with Crippen LogP contribution in [0, 0.1) is 0 Å². The molecular formula is C8H20Cl2N2. The minimum Gasteiger partial charge on any atom is -0.306 e. The van der Waals surface area contributed by atoms with Gasteiger partial charge < -0.3 is 9.80 Å². The van der Waals surface area contributed by atoms with Crippen LogP contribution in [0.1, 0.15) is 0 Å². The van der Waals surface area contributed by atoms with E-state index in [2.05, 4.69) is 50.1 Å². The van der Waals surface area contributed by atoms with Gasteiger partial charge in [-0.05, 0) is 28.2 Å². The molecule has 0 saturated heterocycles. The first kappa shape index (κ1) is 18.1. The Morgan fingerprint density at radius 2 is 1.00 bits per heavy atom. The van der Waals surface area contributed by atoms with E-state index in [4.69, 9.17) is 0 Å². The molecule has 2 nitrogen and oxygen atoms in total. The highest BCUT2D eigenvalue weighted by molar-refractivity contribution is 5.85. The molecule has 0 atom stereocenters. The van der Waals surface area contributed by atoms with Crippen molar-refractivity contribution in [3.63, 3.8) is 0 Å². The summed E-state index contributed by atoms with van der Waals surface area (Å²) in [5.41, 5.74) is 0. The van der Waals surface area contributed by atoms with Crippen LogP contribution in [-0.4, -0.2) is 51.1 Å². The highest BCUT2D eigenvalue weighted by Crippen LogP contribution is 1.79. The molecule has 0 fully saturated rings. The molecule has 0 aliphatic carbocycles. The third-order valence-electron chi connectivity index (χ3n) is 1.11. The molecule has 76 valence electrons. The van der Waals surface area contributed by atoms with E-state index >= 15 is 0 Å². The number of hydrogen-bond donors (Lipinski definition) is 0.